The van der Waals surface area contributed by atoms with Crippen LogP contribution in [0.25, 0.3) is 33.3 Å². The molecule has 6 rings (SSSR count). The topological polar surface area (TPSA) is 132 Å². The van der Waals surface area contributed by atoms with Crippen LogP contribution in [0.15, 0.2) is 101 Å². The van der Waals surface area contributed by atoms with Crippen molar-refractivity contribution in [3.63, 3.8) is 0 Å². The summed E-state index contributed by atoms with van der Waals surface area (Å²) in [7, 11) is -3.87. The van der Waals surface area contributed by atoms with Gasteiger partial charge < -0.3 is 14.3 Å². The van der Waals surface area contributed by atoms with Gasteiger partial charge in [-0.15, -0.1) is 0 Å². The predicted octanol–water partition coefficient (Wildman–Crippen LogP) is 4.69. The average molecular weight is 595 g/mol. The van der Waals surface area contributed by atoms with E-state index >= 15 is 0 Å². The Balaban J connectivity index is 1.35. The van der Waals surface area contributed by atoms with E-state index in [4.69, 9.17) is 9.72 Å². The smallest absolute Gasteiger partial charge is 0.259 e. The van der Waals surface area contributed by atoms with Crippen molar-refractivity contribution in [2.45, 2.75) is 31.2 Å². The number of H-pyrrole nitrogens is 1. The molecule has 0 unspecified atom stereocenters. The van der Waals surface area contributed by atoms with Crippen molar-refractivity contribution in [3.8, 4) is 17.1 Å². The molecule has 3 aromatic heterocycles. The number of nitrogens with zero attached hydrogens (tertiary/aromatic N) is 4. The van der Waals surface area contributed by atoms with E-state index in [1.165, 1.54) is 12.1 Å². The molecule has 0 aliphatic rings. The molecule has 10 nitrogen and oxygen atoms in total. The molecule has 0 bridgehead atoms. The molecule has 0 saturated carbocycles. The van der Waals surface area contributed by atoms with Crippen molar-refractivity contribution in [1.29, 1.82) is 0 Å². The summed E-state index contributed by atoms with van der Waals surface area (Å²) in [6.07, 6.45) is 4.61. The Kier molecular flexibility index (Phi) is 7.99. The fourth-order valence-corrected chi connectivity index (χ4v) is 5.92. The van der Waals surface area contributed by atoms with Crippen LogP contribution in [0.2, 0.25) is 0 Å². The molecule has 0 atom stereocenters. The third-order valence-corrected chi connectivity index (χ3v) is 8.48. The maximum Gasteiger partial charge on any atom is 0.259 e. The van der Waals surface area contributed by atoms with Crippen molar-refractivity contribution < 1.29 is 13.2 Å². The minimum atomic E-state index is -3.87. The van der Waals surface area contributed by atoms with Crippen LogP contribution in [-0.4, -0.2) is 46.1 Å². The lowest BCUT2D eigenvalue weighted by Crippen LogP contribution is -2.26. The lowest BCUT2D eigenvalue weighted by molar-refractivity contribution is 0.318. The van der Waals surface area contributed by atoms with E-state index in [0.717, 1.165) is 23.2 Å². The fraction of sp³-hybridized carbons (Fsp3) is 0.188. The molecule has 11 heteroatoms. The number of ether oxygens (including phenoxy) is 1. The Bertz CT molecular complexity index is 2060. The number of sulfonamides is 1. The summed E-state index contributed by atoms with van der Waals surface area (Å²) >= 11 is 0. The number of imidazole rings is 1. The highest BCUT2D eigenvalue weighted by molar-refractivity contribution is 7.89. The van der Waals surface area contributed by atoms with Gasteiger partial charge in [0, 0.05) is 31.4 Å². The number of fused-ring (bicyclic) bond motifs is 2. The molecule has 218 valence electrons. The van der Waals surface area contributed by atoms with Gasteiger partial charge in [-0.1, -0.05) is 43.3 Å². The molecule has 0 aliphatic carbocycles. The summed E-state index contributed by atoms with van der Waals surface area (Å²) in [4.78, 5) is 29.8. The van der Waals surface area contributed by atoms with Crippen LogP contribution in [0.3, 0.4) is 0 Å². The average Bonchev–Trinajstić information content (AvgIpc) is 3.41. The second-order valence-corrected chi connectivity index (χ2v) is 11.9. The number of benzene rings is 3. The van der Waals surface area contributed by atoms with Gasteiger partial charge in [0.15, 0.2) is 0 Å². The van der Waals surface area contributed by atoms with Gasteiger partial charge in [0.1, 0.15) is 11.6 Å². The molecular formula is C32H30N6O4S. The molecule has 3 aromatic carbocycles. The third-order valence-electron chi connectivity index (χ3n) is 7.02. The van der Waals surface area contributed by atoms with Gasteiger partial charge in [-0.25, -0.2) is 23.1 Å². The van der Waals surface area contributed by atoms with Crippen LogP contribution in [0.4, 0.5) is 0 Å². The van der Waals surface area contributed by atoms with E-state index in [1.54, 1.807) is 30.7 Å². The van der Waals surface area contributed by atoms with Crippen LogP contribution in [0, 0.1) is 0 Å². The molecule has 0 fully saturated rings. The van der Waals surface area contributed by atoms with E-state index in [9.17, 15) is 13.2 Å². The third kappa shape index (κ3) is 6.18. The number of aromatic nitrogens is 5. The van der Waals surface area contributed by atoms with Gasteiger partial charge in [0.2, 0.25) is 10.0 Å². The Morgan fingerprint density at radius 1 is 0.953 bits per heavy atom. The van der Waals surface area contributed by atoms with Gasteiger partial charge in [0.25, 0.3) is 5.56 Å². The van der Waals surface area contributed by atoms with Crippen LogP contribution in [0.5, 0.6) is 5.75 Å². The summed E-state index contributed by atoms with van der Waals surface area (Å²) < 4.78 is 37.0. The summed E-state index contributed by atoms with van der Waals surface area (Å²) in [5.74, 6) is 0.627. The highest BCUT2D eigenvalue weighted by atomic mass is 32.2. The first kappa shape index (κ1) is 28.3. The molecule has 0 radical (unpaired) electrons. The summed E-state index contributed by atoms with van der Waals surface area (Å²) in [5.41, 5.74) is 3.87. The lowest BCUT2D eigenvalue weighted by atomic mass is 10.1. The Morgan fingerprint density at radius 2 is 1.79 bits per heavy atom. The number of aromatic amines is 1. The van der Waals surface area contributed by atoms with Gasteiger partial charge >= 0.3 is 0 Å². The zero-order valence-electron chi connectivity index (χ0n) is 23.5. The molecule has 0 saturated heterocycles. The van der Waals surface area contributed by atoms with Crippen LogP contribution < -0.4 is 15.0 Å². The standard InChI is InChI=1S/C32H30N6O4S/c1-2-16-42-30-12-11-24(43(40,41)35-15-13-23-10-6-7-14-33-23)17-26(30)31-36-27-19-28-29(18-25(27)32(39)37-31)38(21-34-28)20-22-8-4-3-5-9-22/h3-12,14,17-19,21,35H,2,13,15-16,20H2,1H3,(H,36,37,39). The molecule has 0 spiro atoms. The second kappa shape index (κ2) is 12.2. The predicted molar refractivity (Wildman–Crippen MR) is 166 cm³/mol. The summed E-state index contributed by atoms with van der Waals surface area (Å²) in [6.45, 7) is 3.18. The van der Waals surface area contributed by atoms with Crippen molar-refractivity contribution in [2.24, 2.45) is 0 Å². The highest BCUT2D eigenvalue weighted by Gasteiger charge is 2.20. The van der Waals surface area contributed by atoms with E-state index in [-0.39, 0.29) is 22.8 Å². The monoisotopic (exact) mass is 594 g/mol. The van der Waals surface area contributed by atoms with E-state index in [1.807, 2.05) is 60.0 Å². The molecule has 2 N–H and O–H groups in total. The van der Waals surface area contributed by atoms with Crippen molar-refractivity contribution >= 4 is 32.0 Å². The van der Waals surface area contributed by atoms with Crippen molar-refractivity contribution in [3.05, 3.63) is 113 Å². The first-order valence-electron chi connectivity index (χ1n) is 14.0. The van der Waals surface area contributed by atoms with Crippen LogP contribution in [-0.2, 0) is 23.0 Å². The summed E-state index contributed by atoms with van der Waals surface area (Å²) in [6, 6.07) is 23.6. The minimum Gasteiger partial charge on any atom is -0.493 e. The molecule has 43 heavy (non-hydrogen) atoms. The Hall–Kier alpha value is -4.87. The molecule has 0 amide bonds. The number of hydrogen-bond donors (Lipinski definition) is 2. The maximum absolute atomic E-state index is 13.4. The van der Waals surface area contributed by atoms with E-state index in [2.05, 4.69) is 19.7 Å². The van der Waals surface area contributed by atoms with E-state index in [0.29, 0.717) is 47.3 Å². The van der Waals surface area contributed by atoms with Gasteiger partial charge in [-0.3, -0.25) is 9.78 Å². The molecule has 0 aliphatic heterocycles. The van der Waals surface area contributed by atoms with Gasteiger partial charge in [0.05, 0.1) is 45.3 Å². The number of hydrogen-bond acceptors (Lipinski definition) is 7. The van der Waals surface area contributed by atoms with Gasteiger partial charge in [-0.2, -0.15) is 0 Å². The number of pyridine rings is 1. The Labute approximate surface area is 248 Å². The second-order valence-electron chi connectivity index (χ2n) is 10.1. The van der Waals surface area contributed by atoms with E-state index < -0.39 is 10.0 Å². The normalized spacial score (nSPS) is 11.7. The molecular weight excluding hydrogens is 564 g/mol. The first-order valence-corrected chi connectivity index (χ1v) is 15.5. The SMILES string of the molecule is CCCOc1ccc(S(=O)(=O)NCCc2ccccn2)cc1-c1nc2cc3ncn(Cc4ccccc4)c3cc2c(=O)[nH]1. The van der Waals surface area contributed by atoms with Crippen LogP contribution >= 0.6 is 0 Å². The molecule has 3 heterocycles. The zero-order chi connectivity index (χ0) is 29.8. The quantitative estimate of drug-likeness (QED) is 0.222. The zero-order valence-corrected chi connectivity index (χ0v) is 24.3. The maximum atomic E-state index is 13.4. The van der Waals surface area contributed by atoms with Crippen molar-refractivity contribution in [1.82, 2.24) is 29.2 Å². The number of nitrogens with one attached hydrogen (secondary N) is 2. The number of rotatable bonds is 11. The highest BCUT2D eigenvalue weighted by Crippen LogP contribution is 2.31. The Morgan fingerprint density at radius 3 is 2.58 bits per heavy atom. The summed E-state index contributed by atoms with van der Waals surface area (Å²) in [5, 5.41) is 0.405. The largest absolute Gasteiger partial charge is 0.493 e. The first-order chi connectivity index (χ1) is 20.9. The lowest BCUT2D eigenvalue weighted by Gasteiger charge is -2.14. The fourth-order valence-electron chi connectivity index (χ4n) is 4.87. The molecule has 6 aromatic rings. The van der Waals surface area contributed by atoms with Crippen molar-refractivity contribution in [2.75, 3.05) is 13.2 Å². The van der Waals surface area contributed by atoms with Crippen LogP contribution in [0.1, 0.15) is 24.6 Å². The minimum absolute atomic E-state index is 0.0326. The van der Waals surface area contributed by atoms with Gasteiger partial charge in [-0.05, 0) is 54.4 Å².